The van der Waals surface area contributed by atoms with Gasteiger partial charge in [0.05, 0.1) is 0 Å². The van der Waals surface area contributed by atoms with Crippen LogP contribution in [0.4, 0.5) is 0 Å². The second kappa shape index (κ2) is 8.16. The van der Waals surface area contributed by atoms with Crippen LogP contribution in [0.5, 0.6) is 0 Å². The molecule has 5 nitrogen and oxygen atoms in total. The molecule has 2 amide bonds. The van der Waals surface area contributed by atoms with Crippen molar-refractivity contribution in [3.8, 4) is 0 Å². The van der Waals surface area contributed by atoms with Gasteiger partial charge in [-0.1, -0.05) is 48.5 Å². The minimum Gasteiger partial charge on any atom is -0.351 e. The summed E-state index contributed by atoms with van der Waals surface area (Å²) < 4.78 is 1.87. The van der Waals surface area contributed by atoms with Crippen molar-refractivity contribution in [1.29, 1.82) is 0 Å². The van der Waals surface area contributed by atoms with E-state index in [4.69, 9.17) is 0 Å². The van der Waals surface area contributed by atoms with Crippen LogP contribution >= 0.6 is 0 Å². The van der Waals surface area contributed by atoms with E-state index in [1.807, 2.05) is 72.3 Å². The van der Waals surface area contributed by atoms with Crippen LogP contribution in [0.25, 0.3) is 17.0 Å². The summed E-state index contributed by atoms with van der Waals surface area (Å²) in [5.41, 5.74) is 2.57. The number of carbonyl (C=O) groups excluding carboxylic acids is 2. The zero-order valence-corrected chi connectivity index (χ0v) is 14.6. The molecule has 0 aliphatic rings. The summed E-state index contributed by atoms with van der Waals surface area (Å²) in [4.78, 5) is 24.1. The van der Waals surface area contributed by atoms with Gasteiger partial charge in [0.2, 0.25) is 5.91 Å². The van der Waals surface area contributed by atoms with Gasteiger partial charge in [-0.15, -0.1) is 0 Å². The molecule has 0 aliphatic heterocycles. The molecule has 0 saturated heterocycles. The lowest BCUT2D eigenvalue weighted by Crippen LogP contribution is -2.34. The van der Waals surface area contributed by atoms with Crippen LogP contribution in [0.1, 0.15) is 16.1 Å². The maximum atomic E-state index is 12.3. The first-order chi connectivity index (χ1) is 12.6. The van der Waals surface area contributed by atoms with Crippen molar-refractivity contribution in [2.24, 2.45) is 7.05 Å². The Morgan fingerprint density at radius 1 is 0.962 bits per heavy atom. The number of aryl methyl sites for hydroxylation is 1. The highest BCUT2D eigenvalue weighted by atomic mass is 16.2. The second-order valence-corrected chi connectivity index (χ2v) is 5.94. The zero-order valence-electron chi connectivity index (χ0n) is 14.6. The molecular formula is C21H21N3O2. The van der Waals surface area contributed by atoms with Crippen LogP contribution in [0, 0.1) is 0 Å². The molecule has 0 saturated carbocycles. The smallest absolute Gasteiger partial charge is 0.267 e. The lowest BCUT2D eigenvalue weighted by molar-refractivity contribution is -0.116. The molecule has 0 unspecified atom stereocenters. The van der Waals surface area contributed by atoms with Crippen LogP contribution < -0.4 is 10.6 Å². The summed E-state index contributed by atoms with van der Waals surface area (Å²) >= 11 is 0. The Balaban J connectivity index is 1.47. The Labute approximate surface area is 152 Å². The number of hydrogen-bond acceptors (Lipinski definition) is 2. The molecule has 0 radical (unpaired) electrons. The molecule has 1 aromatic heterocycles. The number of rotatable bonds is 6. The fourth-order valence-corrected chi connectivity index (χ4v) is 2.75. The lowest BCUT2D eigenvalue weighted by Gasteiger charge is -2.07. The summed E-state index contributed by atoms with van der Waals surface area (Å²) in [6, 6.07) is 19.3. The standard InChI is InChI=1S/C21H21N3O2/c1-24-18-10-6-5-9-17(18)15-19(24)21(26)23-14-13-22-20(25)12-11-16-7-3-2-4-8-16/h2-12,15H,13-14H2,1H3,(H,22,25)(H,23,26). The van der Waals surface area contributed by atoms with E-state index in [0.29, 0.717) is 18.8 Å². The van der Waals surface area contributed by atoms with Crippen LogP contribution in [-0.4, -0.2) is 29.5 Å². The van der Waals surface area contributed by atoms with Crippen LogP contribution in [-0.2, 0) is 11.8 Å². The Bertz CT molecular complexity index is 942. The van der Waals surface area contributed by atoms with Crippen molar-refractivity contribution in [1.82, 2.24) is 15.2 Å². The van der Waals surface area contributed by atoms with Crippen molar-refractivity contribution < 1.29 is 9.59 Å². The van der Waals surface area contributed by atoms with Crippen molar-refractivity contribution >= 4 is 28.8 Å². The average molecular weight is 347 g/mol. The van der Waals surface area contributed by atoms with E-state index in [0.717, 1.165) is 16.5 Å². The highest BCUT2D eigenvalue weighted by molar-refractivity contribution is 5.98. The third kappa shape index (κ3) is 4.19. The van der Waals surface area contributed by atoms with Gasteiger partial charge in [-0.3, -0.25) is 9.59 Å². The number of nitrogens with one attached hydrogen (secondary N) is 2. The Morgan fingerprint density at radius 2 is 1.65 bits per heavy atom. The fraction of sp³-hybridized carbons (Fsp3) is 0.143. The van der Waals surface area contributed by atoms with Gasteiger partial charge >= 0.3 is 0 Å². The summed E-state index contributed by atoms with van der Waals surface area (Å²) in [7, 11) is 1.87. The predicted octanol–water partition coefficient (Wildman–Crippen LogP) is 2.74. The van der Waals surface area contributed by atoms with E-state index in [2.05, 4.69) is 10.6 Å². The van der Waals surface area contributed by atoms with E-state index in [9.17, 15) is 9.59 Å². The maximum absolute atomic E-state index is 12.3. The highest BCUT2D eigenvalue weighted by Gasteiger charge is 2.12. The van der Waals surface area contributed by atoms with Gasteiger partial charge in [0.25, 0.3) is 5.91 Å². The number of fused-ring (bicyclic) bond motifs is 1. The molecule has 0 fully saturated rings. The molecular weight excluding hydrogens is 326 g/mol. The van der Waals surface area contributed by atoms with Crippen LogP contribution in [0.3, 0.4) is 0 Å². The van der Waals surface area contributed by atoms with E-state index in [-0.39, 0.29) is 11.8 Å². The topological polar surface area (TPSA) is 63.1 Å². The van der Waals surface area contributed by atoms with Crippen molar-refractivity contribution in [3.63, 3.8) is 0 Å². The molecule has 26 heavy (non-hydrogen) atoms. The third-order valence-corrected chi connectivity index (χ3v) is 4.12. The highest BCUT2D eigenvalue weighted by Crippen LogP contribution is 2.17. The fourth-order valence-electron chi connectivity index (χ4n) is 2.75. The lowest BCUT2D eigenvalue weighted by atomic mass is 10.2. The van der Waals surface area contributed by atoms with Gasteiger partial charge in [0, 0.05) is 37.1 Å². The van der Waals surface area contributed by atoms with Crippen LogP contribution in [0.2, 0.25) is 0 Å². The van der Waals surface area contributed by atoms with Crippen molar-refractivity contribution in [3.05, 3.63) is 78.0 Å². The Kier molecular flexibility index (Phi) is 5.49. The molecule has 132 valence electrons. The first kappa shape index (κ1) is 17.5. The number of benzene rings is 2. The third-order valence-electron chi connectivity index (χ3n) is 4.12. The van der Waals surface area contributed by atoms with Gasteiger partial charge in [-0.2, -0.15) is 0 Å². The van der Waals surface area contributed by atoms with E-state index in [1.165, 1.54) is 6.08 Å². The van der Waals surface area contributed by atoms with Crippen molar-refractivity contribution in [2.75, 3.05) is 13.1 Å². The molecule has 5 heteroatoms. The first-order valence-electron chi connectivity index (χ1n) is 8.49. The number of aromatic nitrogens is 1. The summed E-state index contributed by atoms with van der Waals surface area (Å²) in [6.45, 7) is 0.735. The average Bonchev–Trinajstić information content (AvgIpc) is 3.01. The van der Waals surface area contributed by atoms with Gasteiger partial charge in [-0.05, 0) is 23.8 Å². The number of amides is 2. The Hall–Kier alpha value is -3.34. The summed E-state index contributed by atoms with van der Waals surface area (Å²) in [5.74, 6) is -0.342. The molecule has 2 aromatic carbocycles. The molecule has 3 rings (SSSR count). The molecule has 0 spiro atoms. The molecule has 2 N–H and O–H groups in total. The zero-order chi connectivity index (χ0) is 18.4. The largest absolute Gasteiger partial charge is 0.351 e. The molecule has 0 aliphatic carbocycles. The molecule has 3 aromatic rings. The van der Waals surface area contributed by atoms with Gasteiger partial charge in [0.15, 0.2) is 0 Å². The SMILES string of the molecule is Cn1c(C(=O)NCCNC(=O)C=Cc2ccccc2)cc2ccccc21. The normalized spacial score (nSPS) is 11.0. The number of nitrogens with zero attached hydrogens (tertiary/aromatic N) is 1. The van der Waals surface area contributed by atoms with Gasteiger partial charge in [-0.25, -0.2) is 0 Å². The number of hydrogen-bond donors (Lipinski definition) is 2. The quantitative estimate of drug-likeness (QED) is 0.532. The van der Waals surface area contributed by atoms with E-state index >= 15 is 0 Å². The number of para-hydroxylation sites is 1. The molecule has 1 heterocycles. The summed E-state index contributed by atoms with van der Waals surface area (Å²) in [6.07, 6.45) is 3.24. The van der Waals surface area contributed by atoms with Gasteiger partial charge < -0.3 is 15.2 Å². The van der Waals surface area contributed by atoms with E-state index < -0.39 is 0 Å². The minimum absolute atomic E-state index is 0.155. The monoisotopic (exact) mass is 347 g/mol. The minimum atomic E-state index is -0.187. The van der Waals surface area contributed by atoms with Crippen molar-refractivity contribution in [2.45, 2.75) is 0 Å². The second-order valence-electron chi connectivity index (χ2n) is 5.94. The molecule has 0 atom stereocenters. The van der Waals surface area contributed by atoms with E-state index in [1.54, 1.807) is 6.08 Å². The predicted molar refractivity (Wildman–Crippen MR) is 104 cm³/mol. The summed E-state index contributed by atoms with van der Waals surface area (Å²) in [5, 5.41) is 6.61. The van der Waals surface area contributed by atoms with Gasteiger partial charge in [0.1, 0.15) is 5.69 Å². The Morgan fingerprint density at radius 3 is 2.42 bits per heavy atom. The number of carbonyl (C=O) groups is 2. The van der Waals surface area contributed by atoms with Crippen LogP contribution in [0.15, 0.2) is 66.7 Å². The maximum Gasteiger partial charge on any atom is 0.267 e. The first-order valence-corrected chi connectivity index (χ1v) is 8.49. The molecule has 0 bridgehead atoms.